The average Bonchev–Trinajstić information content (AvgIpc) is 2.60. The molecule has 1 aromatic heterocycles. The van der Waals surface area contributed by atoms with E-state index in [0.29, 0.717) is 17.5 Å². The largest absolute Gasteiger partial charge is 0.376 e. The lowest BCUT2D eigenvalue weighted by molar-refractivity contribution is 0.00279. The van der Waals surface area contributed by atoms with Crippen LogP contribution in [0.25, 0.3) is 0 Å². The van der Waals surface area contributed by atoms with E-state index in [9.17, 15) is 0 Å². The first-order valence-electron chi connectivity index (χ1n) is 5.99. The van der Waals surface area contributed by atoms with Gasteiger partial charge in [0, 0.05) is 13.7 Å². The van der Waals surface area contributed by atoms with Gasteiger partial charge in [-0.15, -0.1) is 0 Å². The predicted molar refractivity (Wildman–Crippen MR) is 70.3 cm³/mol. The van der Waals surface area contributed by atoms with Gasteiger partial charge in [-0.2, -0.15) is 5.10 Å². The highest BCUT2D eigenvalue weighted by molar-refractivity contribution is 6.31. The summed E-state index contributed by atoms with van der Waals surface area (Å²) >= 11 is 6.19. The van der Waals surface area contributed by atoms with Crippen LogP contribution in [0.1, 0.15) is 32.5 Å². The Labute approximate surface area is 108 Å². The summed E-state index contributed by atoms with van der Waals surface area (Å²) in [6.07, 6.45) is 1.75. The molecule has 1 heterocycles. The van der Waals surface area contributed by atoms with Crippen molar-refractivity contribution >= 4 is 11.6 Å². The Hall–Kier alpha value is -0.580. The van der Waals surface area contributed by atoms with Gasteiger partial charge in [0.2, 0.25) is 0 Å². The molecular weight excluding hydrogens is 238 g/mol. The molecule has 0 aliphatic heterocycles. The minimum atomic E-state index is 0.0509. The molecule has 2 atom stereocenters. The van der Waals surface area contributed by atoms with Crippen LogP contribution < -0.4 is 5.32 Å². The van der Waals surface area contributed by atoms with Crippen molar-refractivity contribution in [3.05, 3.63) is 16.9 Å². The zero-order chi connectivity index (χ0) is 13.0. The Bertz CT molecular complexity index is 332. The first-order chi connectivity index (χ1) is 8.02. The molecule has 0 aliphatic carbocycles. The van der Waals surface area contributed by atoms with Crippen molar-refractivity contribution in [3.63, 3.8) is 0 Å². The summed E-state index contributed by atoms with van der Waals surface area (Å²) in [4.78, 5) is 0. The Morgan fingerprint density at radius 3 is 2.53 bits per heavy atom. The third-order valence-electron chi connectivity index (χ3n) is 2.89. The smallest absolute Gasteiger partial charge is 0.0835 e. The Morgan fingerprint density at radius 2 is 2.18 bits per heavy atom. The third-order valence-corrected chi connectivity index (χ3v) is 3.18. The minimum Gasteiger partial charge on any atom is -0.376 e. The topological polar surface area (TPSA) is 39.1 Å². The molecule has 0 aromatic carbocycles. The zero-order valence-electron chi connectivity index (χ0n) is 11.2. The van der Waals surface area contributed by atoms with Crippen LogP contribution in [0, 0.1) is 5.92 Å². The van der Waals surface area contributed by atoms with Crippen molar-refractivity contribution in [1.29, 1.82) is 0 Å². The van der Waals surface area contributed by atoms with Gasteiger partial charge in [-0.3, -0.25) is 4.68 Å². The van der Waals surface area contributed by atoms with Crippen LogP contribution in [-0.4, -0.2) is 29.5 Å². The Morgan fingerprint density at radius 1 is 1.53 bits per heavy atom. The fraction of sp³-hybridized carbons (Fsp3) is 0.750. The second-order valence-corrected chi connectivity index (χ2v) is 4.84. The molecule has 1 aromatic rings. The summed E-state index contributed by atoms with van der Waals surface area (Å²) in [7, 11) is 3.82. The van der Waals surface area contributed by atoms with Crippen LogP contribution in [0.5, 0.6) is 0 Å². The zero-order valence-corrected chi connectivity index (χ0v) is 12.0. The number of rotatable bonds is 6. The van der Waals surface area contributed by atoms with Crippen molar-refractivity contribution < 1.29 is 4.74 Å². The number of halogens is 1. The van der Waals surface area contributed by atoms with Gasteiger partial charge in [-0.05, 0) is 19.9 Å². The van der Waals surface area contributed by atoms with Crippen LogP contribution in [0.2, 0.25) is 5.02 Å². The molecule has 5 heteroatoms. The van der Waals surface area contributed by atoms with E-state index in [1.807, 2.05) is 21.0 Å². The van der Waals surface area contributed by atoms with E-state index in [0.717, 1.165) is 5.69 Å². The molecule has 4 nitrogen and oxygen atoms in total. The van der Waals surface area contributed by atoms with E-state index in [1.54, 1.807) is 10.9 Å². The SMILES string of the molecule is CCOC(C(C)C)C(NC)c1c(Cl)cnn1C. The Kier molecular flexibility index (Phi) is 5.43. The summed E-state index contributed by atoms with van der Waals surface area (Å²) in [5.74, 6) is 0.401. The number of nitrogens with one attached hydrogen (secondary N) is 1. The molecule has 0 aliphatic rings. The van der Waals surface area contributed by atoms with Crippen molar-refractivity contribution in [2.24, 2.45) is 13.0 Å². The molecule has 0 bridgehead atoms. The first-order valence-corrected chi connectivity index (χ1v) is 6.36. The normalized spacial score (nSPS) is 15.2. The minimum absolute atomic E-state index is 0.0509. The number of aromatic nitrogens is 2. The highest BCUT2D eigenvalue weighted by atomic mass is 35.5. The summed E-state index contributed by atoms with van der Waals surface area (Å²) < 4.78 is 7.63. The first kappa shape index (κ1) is 14.5. The van der Waals surface area contributed by atoms with E-state index in [-0.39, 0.29) is 12.1 Å². The summed E-state index contributed by atoms with van der Waals surface area (Å²) in [6.45, 7) is 6.99. The van der Waals surface area contributed by atoms with Crippen molar-refractivity contribution in [2.45, 2.75) is 32.9 Å². The molecule has 0 fully saturated rings. The van der Waals surface area contributed by atoms with Gasteiger partial charge >= 0.3 is 0 Å². The van der Waals surface area contributed by atoms with Crippen LogP contribution >= 0.6 is 11.6 Å². The standard InChI is InChI=1S/C12H22ClN3O/c1-6-17-12(8(2)3)10(14-4)11-9(13)7-15-16(11)5/h7-8,10,12,14H,6H2,1-5H3. The lowest BCUT2D eigenvalue weighted by Crippen LogP contribution is -2.37. The molecule has 1 N–H and O–H groups in total. The second-order valence-electron chi connectivity index (χ2n) is 4.43. The van der Waals surface area contributed by atoms with E-state index in [4.69, 9.17) is 16.3 Å². The van der Waals surface area contributed by atoms with Crippen molar-refractivity contribution in [2.75, 3.05) is 13.7 Å². The van der Waals surface area contributed by atoms with E-state index in [2.05, 4.69) is 24.3 Å². The van der Waals surface area contributed by atoms with Gasteiger partial charge in [-0.25, -0.2) is 0 Å². The van der Waals surface area contributed by atoms with Crippen LogP contribution in [-0.2, 0) is 11.8 Å². The number of likely N-dealkylation sites (N-methyl/N-ethyl adjacent to an activating group) is 1. The lowest BCUT2D eigenvalue weighted by atomic mass is 9.97. The van der Waals surface area contributed by atoms with Crippen molar-refractivity contribution in [1.82, 2.24) is 15.1 Å². The van der Waals surface area contributed by atoms with Gasteiger partial charge in [0.15, 0.2) is 0 Å². The van der Waals surface area contributed by atoms with Crippen LogP contribution in [0.3, 0.4) is 0 Å². The van der Waals surface area contributed by atoms with Gasteiger partial charge < -0.3 is 10.1 Å². The molecule has 0 spiro atoms. The highest BCUT2D eigenvalue weighted by Gasteiger charge is 2.29. The fourth-order valence-corrected chi connectivity index (χ4v) is 2.38. The molecule has 0 saturated heterocycles. The van der Waals surface area contributed by atoms with E-state index < -0.39 is 0 Å². The number of hydrogen-bond donors (Lipinski definition) is 1. The maximum absolute atomic E-state index is 6.19. The summed E-state index contributed by atoms with van der Waals surface area (Å²) in [5, 5.41) is 8.14. The molecule has 1 rings (SSSR count). The number of hydrogen-bond acceptors (Lipinski definition) is 3. The van der Waals surface area contributed by atoms with Gasteiger partial charge in [0.25, 0.3) is 0 Å². The molecule has 2 unspecified atom stereocenters. The molecular formula is C12H22ClN3O. The average molecular weight is 260 g/mol. The van der Waals surface area contributed by atoms with Gasteiger partial charge in [-0.1, -0.05) is 25.4 Å². The molecule has 17 heavy (non-hydrogen) atoms. The predicted octanol–water partition coefficient (Wildman–Crippen LogP) is 2.40. The monoisotopic (exact) mass is 259 g/mol. The molecule has 0 saturated carbocycles. The maximum atomic E-state index is 6.19. The van der Waals surface area contributed by atoms with Gasteiger partial charge in [0.05, 0.1) is 29.1 Å². The number of nitrogens with zero attached hydrogens (tertiary/aromatic N) is 2. The highest BCUT2D eigenvalue weighted by Crippen LogP contribution is 2.29. The Balaban J connectivity index is 3.04. The van der Waals surface area contributed by atoms with E-state index >= 15 is 0 Å². The molecule has 98 valence electrons. The summed E-state index contributed by atoms with van der Waals surface area (Å²) in [5.41, 5.74) is 0.973. The quantitative estimate of drug-likeness (QED) is 0.853. The van der Waals surface area contributed by atoms with E-state index in [1.165, 1.54) is 0 Å². The van der Waals surface area contributed by atoms with Gasteiger partial charge in [0.1, 0.15) is 0 Å². The fourth-order valence-electron chi connectivity index (χ4n) is 2.09. The second kappa shape index (κ2) is 6.38. The summed E-state index contributed by atoms with van der Waals surface area (Å²) in [6, 6.07) is 0.0509. The van der Waals surface area contributed by atoms with Crippen LogP contribution in [0.4, 0.5) is 0 Å². The number of aryl methyl sites for hydroxylation is 1. The lowest BCUT2D eigenvalue weighted by Gasteiger charge is -2.30. The molecule has 0 radical (unpaired) electrons. The third kappa shape index (κ3) is 3.21. The van der Waals surface area contributed by atoms with Crippen LogP contribution in [0.15, 0.2) is 6.20 Å². The number of ether oxygens (including phenoxy) is 1. The maximum Gasteiger partial charge on any atom is 0.0835 e. The van der Waals surface area contributed by atoms with Crippen molar-refractivity contribution in [3.8, 4) is 0 Å². The molecule has 0 amide bonds.